The van der Waals surface area contributed by atoms with Gasteiger partial charge in [-0.2, -0.15) is 17.4 Å². The fourth-order valence-corrected chi connectivity index (χ4v) is 2.56. The van der Waals surface area contributed by atoms with Crippen LogP contribution in [0.5, 0.6) is 0 Å². The van der Waals surface area contributed by atoms with E-state index in [2.05, 4.69) is 22.3 Å². The molecule has 2 aromatic rings. The van der Waals surface area contributed by atoms with Crippen LogP contribution >= 0.6 is 0 Å². The summed E-state index contributed by atoms with van der Waals surface area (Å²) >= 11 is 0. The van der Waals surface area contributed by atoms with Crippen LogP contribution in [0.2, 0.25) is 0 Å². The lowest BCUT2D eigenvalue weighted by Gasteiger charge is -2.12. The normalized spacial score (nSPS) is 12.5. The summed E-state index contributed by atoms with van der Waals surface area (Å²) in [5.74, 6) is 0. The maximum Gasteiger partial charge on any atom is 0.279 e. The third-order valence-corrected chi connectivity index (χ3v) is 4.76. The molecule has 0 saturated heterocycles. The smallest absolute Gasteiger partial charge is 0.279 e. The number of hydrogen-bond donors (Lipinski definition) is 1. The number of benzene rings is 1. The highest BCUT2D eigenvalue weighted by Crippen LogP contribution is 2.19. The second kappa shape index (κ2) is 4.96. The third-order valence-electron chi connectivity index (χ3n) is 3.29. The molecule has 0 bridgehead atoms. The van der Waals surface area contributed by atoms with Gasteiger partial charge in [-0.05, 0) is 30.7 Å². The number of hydrogen-bond acceptors (Lipinski definition) is 2. The maximum atomic E-state index is 11.6. The Balaban J connectivity index is 2.23. The number of nitrogens with zero attached hydrogens (tertiary/aromatic N) is 2. The van der Waals surface area contributed by atoms with Gasteiger partial charge in [-0.1, -0.05) is 6.07 Å². The summed E-state index contributed by atoms with van der Waals surface area (Å²) in [7, 11) is 1.66. The molecule has 0 amide bonds. The fraction of sp³-hybridized carbons (Fsp3) is 0.385. The van der Waals surface area contributed by atoms with E-state index in [1.807, 2.05) is 25.2 Å². The van der Waals surface area contributed by atoms with Crippen molar-refractivity contribution in [2.75, 3.05) is 14.1 Å². The van der Waals surface area contributed by atoms with Gasteiger partial charge in [0.05, 0.1) is 0 Å². The molecule has 0 aliphatic carbocycles. The van der Waals surface area contributed by atoms with Gasteiger partial charge in [-0.15, -0.1) is 0 Å². The molecule has 0 radical (unpaired) electrons. The van der Waals surface area contributed by atoms with Gasteiger partial charge in [-0.25, -0.2) is 0 Å². The van der Waals surface area contributed by atoms with Crippen molar-refractivity contribution < 1.29 is 8.42 Å². The van der Waals surface area contributed by atoms with Gasteiger partial charge < -0.3 is 4.57 Å². The van der Waals surface area contributed by atoms with Crippen LogP contribution in [0.25, 0.3) is 10.9 Å². The molecule has 2 rings (SSSR count). The van der Waals surface area contributed by atoms with E-state index in [-0.39, 0.29) is 0 Å². The Labute approximate surface area is 114 Å². The van der Waals surface area contributed by atoms with E-state index in [1.165, 1.54) is 19.8 Å². The van der Waals surface area contributed by atoms with E-state index in [0.29, 0.717) is 6.54 Å². The minimum atomic E-state index is -3.37. The number of nitrogens with one attached hydrogen (secondary N) is 1. The first-order valence-corrected chi connectivity index (χ1v) is 7.47. The molecule has 1 aromatic carbocycles. The van der Waals surface area contributed by atoms with Gasteiger partial charge in [0.25, 0.3) is 10.2 Å². The fourth-order valence-electron chi connectivity index (χ4n) is 1.95. The van der Waals surface area contributed by atoms with Gasteiger partial charge in [0.15, 0.2) is 0 Å². The largest absolute Gasteiger partial charge is 0.348 e. The molecule has 5 nitrogen and oxygen atoms in total. The van der Waals surface area contributed by atoms with Crippen molar-refractivity contribution in [1.82, 2.24) is 13.6 Å². The van der Waals surface area contributed by atoms with Crippen LogP contribution in [0.1, 0.15) is 11.3 Å². The molecule has 0 aliphatic heterocycles. The number of aromatic nitrogens is 1. The lowest BCUT2D eigenvalue weighted by Crippen LogP contribution is -2.35. The van der Waals surface area contributed by atoms with Crippen molar-refractivity contribution in [3.05, 3.63) is 35.5 Å². The molecule has 6 heteroatoms. The number of rotatable bonds is 4. The lowest BCUT2D eigenvalue weighted by atomic mass is 10.1. The molecule has 1 N–H and O–H groups in total. The van der Waals surface area contributed by atoms with Crippen LogP contribution in [0.4, 0.5) is 0 Å². The van der Waals surface area contributed by atoms with Crippen molar-refractivity contribution in [1.29, 1.82) is 0 Å². The molecule has 0 atom stereocenters. The molecule has 104 valence electrons. The predicted molar refractivity (Wildman–Crippen MR) is 77.1 cm³/mol. The van der Waals surface area contributed by atoms with E-state index in [0.717, 1.165) is 20.8 Å². The van der Waals surface area contributed by atoms with Crippen molar-refractivity contribution in [2.24, 2.45) is 7.05 Å². The molecule has 0 spiro atoms. The third kappa shape index (κ3) is 2.80. The second-order valence-corrected chi connectivity index (χ2v) is 6.82. The average molecular weight is 281 g/mol. The Morgan fingerprint density at radius 3 is 2.58 bits per heavy atom. The summed E-state index contributed by atoms with van der Waals surface area (Å²) in [5.41, 5.74) is 3.28. The van der Waals surface area contributed by atoms with Gasteiger partial charge in [0, 0.05) is 44.3 Å². The lowest BCUT2D eigenvalue weighted by molar-refractivity contribution is 0.505. The molecule has 0 unspecified atom stereocenters. The van der Waals surface area contributed by atoms with Gasteiger partial charge in [-0.3, -0.25) is 0 Å². The van der Waals surface area contributed by atoms with Crippen molar-refractivity contribution in [3.8, 4) is 0 Å². The Kier molecular flexibility index (Phi) is 3.66. The summed E-state index contributed by atoms with van der Waals surface area (Å²) < 4.78 is 29.1. The minimum Gasteiger partial charge on any atom is -0.348 e. The molecule has 19 heavy (non-hydrogen) atoms. The SMILES string of the molecule is Cc1cc2cc(CNS(=O)(=O)N(C)C)ccc2n1C. The summed E-state index contributed by atoms with van der Waals surface area (Å²) in [6, 6.07) is 8.07. The highest BCUT2D eigenvalue weighted by molar-refractivity contribution is 7.87. The number of fused-ring (bicyclic) bond motifs is 1. The minimum absolute atomic E-state index is 0.296. The predicted octanol–water partition coefficient (Wildman–Crippen LogP) is 1.38. The topological polar surface area (TPSA) is 54.3 Å². The Morgan fingerprint density at radius 2 is 1.95 bits per heavy atom. The van der Waals surface area contributed by atoms with Gasteiger partial charge >= 0.3 is 0 Å². The molecule has 0 saturated carbocycles. The summed E-state index contributed by atoms with van der Waals surface area (Å²) in [6.07, 6.45) is 0. The van der Waals surface area contributed by atoms with Crippen molar-refractivity contribution in [2.45, 2.75) is 13.5 Å². The van der Waals surface area contributed by atoms with Crippen molar-refractivity contribution in [3.63, 3.8) is 0 Å². The average Bonchev–Trinajstić information content (AvgIpc) is 2.62. The number of aryl methyl sites for hydroxylation is 2. The second-order valence-electron chi connectivity index (χ2n) is 4.85. The highest BCUT2D eigenvalue weighted by atomic mass is 32.2. The monoisotopic (exact) mass is 281 g/mol. The van der Waals surface area contributed by atoms with Crippen LogP contribution < -0.4 is 4.72 Å². The van der Waals surface area contributed by atoms with E-state index in [4.69, 9.17) is 0 Å². The first-order chi connectivity index (χ1) is 8.81. The Hall–Kier alpha value is -1.37. The highest BCUT2D eigenvalue weighted by Gasteiger charge is 2.12. The molecular weight excluding hydrogens is 262 g/mol. The molecule has 0 aliphatic rings. The standard InChI is InChI=1S/C13H19N3O2S/c1-10-7-12-8-11(5-6-13(12)16(10)4)9-14-19(17,18)15(2)3/h5-8,14H,9H2,1-4H3. The van der Waals surface area contributed by atoms with Crippen LogP contribution in [0.3, 0.4) is 0 Å². The van der Waals surface area contributed by atoms with E-state index >= 15 is 0 Å². The maximum absolute atomic E-state index is 11.6. The van der Waals surface area contributed by atoms with Crippen LogP contribution in [0.15, 0.2) is 24.3 Å². The molecule has 0 fully saturated rings. The van der Waals surface area contributed by atoms with E-state index < -0.39 is 10.2 Å². The van der Waals surface area contributed by atoms with E-state index in [1.54, 1.807) is 0 Å². The summed E-state index contributed by atoms with van der Waals surface area (Å²) in [6.45, 7) is 2.35. The Morgan fingerprint density at radius 1 is 1.26 bits per heavy atom. The molecule has 1 heterocycles. The molecular formula is C13H19N3O2S. The first kappa shape index (κ1) is 14.0. The Bertz CT molecular complexity index is 702. The van der Waals surface area contributed by atoms with Crippen LogP contribution in [-0.2, 0) is 23.8 Å². The zero-order chi connectivity index (χ0) is 14.2. The van der Waals surface area contributed by atoms with Crippen LogP contribution in [0, 0.1) is 6.92 Å². The quantitative estimate of drug-likeness (QED) is 0.920. The summed E-state index contributed by atoms with van der Waals surface area (Å²) in [4.78, 5) is 0. The van der Waals surface area contributed by atoms with E-state index in [9.17, 15) is 8.42 Å². The van der Waals surface area contributed by atoms with Gasteiger partial charge in [0.1, 0.15) is 0 Å². The van der Waals surface area contributed by atoms with Gasteiger partial charge in [0.2, 0.25) is 0 Å². The summed E-state index contributed by atoms with van der Waals surface area (Å²) in [5, 5.41) is 1.13. The molecule has 1 aromatic heterocycles. The van der Waals surface area contributed by atoms with Crippen LogP contribution in [-0.4, -0.2) is 31.4 Å². The first-order valence-electron chi connectivity index (χ1n) is 6.03. The zero-order valence-electron chi connectivity index (χ0n) is 11.6. The van der Waals surface area contributed by atoms with Crippen molar-refractivity contribution >= 4 is 21.1 Å². The zero-order valence-corrected chi connectivity index (χ0v) is 12.5.